The number of aliphatic carboxylic acids is 1. The zero-order valence-electron chi connectivity index (χ0n) is 8.26. The minimum Gasteiger partial charge on any atom is -0.480 e. The maximum absolute atomic E-state index is 12.3. The van der Waals surface area contributed by atoms with E-state index in [1.807, 2.05) is 0 Å². The van der Waals surface area contributed by atoms with Gasteiger partial charge in [0.1, 0.15) is 5.38 Å². The summed E-state index contributed by atoms with van der Waals surface area (Å²) in [4.78, 5) is 10.5. The smallest absolute Gasteiger partial charge is 0.416 e. The predicted octanol–water partition coefficient (Wildman–Crippen LogP) is 3.59. The molecule has 0 heterocycles. The first-order valence-corrected chi connectivity index (χ1v) is 5.25. The Balaban J connectivity index is 2.95. The van der Waals surface area contributed by atoms with E-state index in [2.05, 4.69) is 0 Å². The van der Waals surface area contributed by atoms with Crippen LogP contribution in [-0.4, -0.2) is 16.5 Å². The molecule has 2 nitrogen and oxygen atoms in total. The summed E-state index contributed by atoms with van der Waals surface area (Å²) in [6, 6.07) is 2.72. The third-order valence-corrected chi connectivity index (χ3v) is 2.74. The fourth-order valence-corrected chi connectivity index (χ4v) is 1.59. The van der Waals surface area contributed by atoms with Gasteiger partial charge in [-0.3, -0.25) is 4.79 Å². The van der Waals surface area contributed by atoms with Gasteiger partial charge >= 0.3 is 12.1 Å². The Morgan fingerprint density at radius 3 is 2.41 bits per heavy atom. The maximum Gasteiger partial charge on any atom is 0.416 e. The predicted molar refractivity (Wildman–Crippen MR) is 57.4 cm³/mol. The average Bonchev–Trinajstić information content (AvgIpc) is 2.19. The molecule has 0 aliphatic carbocycles. The minimum atomic E-state index is -4.48. The molecule has 17 heavy (non-hydrogen) atoms. The molecule has 0 bridgehead atoms. The van der Waals surface area contributed by atoms with Gasteiger partial charge in [0.15, 0.2) is 0 Å². The van der Waals surface area contributed by atoms with Gasteiger partial charge in [0.2, 0.25) is 0 Å². The zero-order valence-corrected chi connectivity index (χ0v) is 9.77. The molecule has 0 radical (unpaired) electrons. The molecular formula is C10H7Cl2F3O2. The number of carboxylic acid groups (broad SMARTS) is 1. The molecule has 7 heteroatoms. The van der Waals surface area contributed by atoms with E-state index in [0.29, 0.717) is 0 Å². The Labute approximate surface area is 105 Å². The summed E-state index contributed by atoms with van der Waals surface area (Å²) < 4.78 is 36.9. The molecule has 0 aromatic heterocycles. The third kappa shape index (κ3) is 3.78. The monoisotopic (exact) mass is 286 g/mol. The van der Waals surface area contributed by atoms with Crippen molar-refractivity contribution < 1.29 is 23.1 Å². The number of halogens is 5. The number of hydrogen-bond donors (Lipinski definition) is 1. The van der Waals surface area contributed by atoms with Gasteiger partial charge in [-0.05, 0) is 17.7 Å². The van der Waals surface area contributed by atoms with Gasteiger partial charge in [-0.25, -0.2) is 0 Å². The van der Waals surface area contributed by atoms with Crippen molar-refractivity contribution in [2.75, 3.05) is 0 Å². The van der Waals surface area contributed by atoms with Crippen LogP contribution in [0.5, 0.6) is 0 Å². The topological polar surface area (TPSA) is 37.3 Å². The molecule has 1 N–H and O–H groups in total. The summed E-state index contributed by atoms with van der Waals surface area (Å²) >= 11 is 11.1. The van der Waals surface area contributed by atoms with Crippen LogP contribution < -0.4 is 0 Å². The molecule has 0 aliphatic rings. The molecule has 1 rings (SSSR count). The van der Waals surface area contributed by atoms with E-state index in [4.69, 9.17) is 28.3 Å². The molecule has 0 aliphatic heterocycles. The average molecular weight is 287 g/mol. The summed E-state index contributed by atoms with van der Waals surface area (Å²) in [7, 11) is 0. The van der Waals surface area contributed by atoms with Gasteiger partial charge in [0.25, 0.3) is 0 Å². The third-order valence-electron chi connectivity index (χ3n) is 2.05. The number of carbonyl (C=O) groups is 1. The van der Waals surface area contributed by atoms with Crippen LogP contribution in [0.4, 0.5) is 13.2 Å². The van der Waals surface area contributed by atoms with Crippen LogP contribution in [0.1, 0.15) is 11.1 Å². The second-order valence-electron chi connectivity index (χ2n) is 3.31. The number of benzene rings is 1. The van der Waals surface area contributed by atoms with Gasteiger partial charge in [-0.2, -0.15) is 13.2 Å². The summed E-state index contributed by atoms with van der Waals surface area (Å²) in [5, 5.41) is 7.20. The second-order valence-corrected chi connectivity index (χ2v) is 4.25. The lowest BCUT2D eigenvalue weighted by Gasteiger charge is -2.10. The number of rotatable bonds is 3. The molecule has 1 aromatic rings. The van der Waals surface area contributed by atoms with Gasteiger partial charge < -0.3 is 5.11 Å². The van der Waals surface area contributed by atoms with Crippen LogP contribution in [0.2, 0.25) is 5.02 Å². The van der Waals surface area contributed by atoms with Crippen LogP contribution in [-0.2, 0) is 17.4 Å². The molecule has 0 unspecified atom stereocenters. The highest BCUT2D eigenvalue weighted by atomic mass is 35.5. The van der Waals surface area contributed by atoms with Crippen molar-refractivity contribution in [2.45, 2.75) is 18.0 Å². The van der Waals surface area contributed by atoms with Crippen molar-refractivity contribution in [3.05, 3.63) is 34.3 Å². The summed E-state index contributed by atoms with van der Waals surface area (Å²) in [6.07, 6.45) is -4.61. The van der Waals surface area contributed by atoms with E-state index in [-0.39, 0.29) is 17.0 Å². The van der Waals surface area contributed by atoms with Crippen molar-refractivity contribution in [3.8, 4) is 0 Å². The van der Waals surface area contributed by atoms with E-state index >= 15 is 0 Å². The van der Waals surface area contributed by atoms with Crippen LogP contribution in [0.15, 0.2) is 18.2 Å². The van der Waals surface area contributed by atoms with Crippen molar-refractivity contribution in [1.29, 1.82) is 0 Å². The maximum atomic E-state index is 12.3. The lowest BCUT2D eigenvalue weighted by molar-refractivity contribution is -0.138. The van der Waals surface area contributed by atoms with Gasteiger partial charge in [-0.1, -0.05) is 17.7 Å². The molecule has 0 spiro atoms. The van der Waals surface area contributed by atoms with E-state index in [9.17, 15) is 18.0 Å². The minimum absolute atomic E-state index is 0.131. The van der Waals surface area contributed by atoms with Crippen molar-refractivity contribution in [3.63, 3.8) is 0 Å². The highest BCUT2D eigenvalue weighted by Crippen LogP contribution is 2.32. The molecule has 94 valence electrons. The van der Waals surface area contributed by atoms with Crippen molar-refractivity contribution in [2.24, 2.45) is 0 Å². The van der Waals surface area contributed by atoms with Crippen LogP contribution in [0, 0.1) is 0 Å². The van der Waals surface area contributed by atoms with Crippen LogP contribution in [0.25, 0.3) is 0 Å². The summed E-state index contributed by atoms with van der Waals surface area (Å²) in [5.74, 6) is -1.25. The molecule has 0 saturated carbocycles. The highest BCUT2D eigenvalue weighted by molar-refractivity contribution is 6.32. The Hall–Kier alpha value is -0.940. The van der Waals surface area contributed by atoms with E-state index in [1.165, 1.54) is 0 Å². The molecule has 0 saturated heterocycles. The fraction of sp³-hybridized carbons (Fsp3) is 0.300. The van der Waals surface area contributed by atoms with Gasteiger partial charge in [-0.15, -0.1) is 11.6 Å². The Bertz CT molecular complexity index is 432. The lowest BCUT2D eigenvalue weighted by Crippen LogP contribution is -2.16. The Morgan fingerprint density at radius 2 is 2.00 bits per heavy atom. The van der Waals surface area contributed by atoms with E-state index < -0.39 is 23.1 Å². The largest absolute Gasteiger partial charge is 0.480 e. The highest BCUT2D eigenvalue weighted by Gasteiger charge is 2.31. The van der Waals surface area contributed by atoms with E-state index in [0.717, 1.165) is 18.2 Å². The Kier molecular flexibility index (Phi) is 4.27. The van der Waals surface area contributed by atoms with Crippen molar-refractivity contribution >= 4 is 29.2 Å². The van der Waals surface area contributed by atoms with Gasteiger partial charge in [0.05, 0.1) is 5.56 Å². The molecule has 0 amide bonds. The molecular weight excluding hydrogens is 280 g/mol. The first-order valence-electron chi connectivity index (χ1n) is 4.44. The van der Waals surface area contributed by atoms with Crippen molar-refractivity contribution in [1.82, 2.24) is 0 Å². The summed E-state index contributed by atoms with van der Waals surface area (Å²) in [5.41, 5.74) is -0.616. The van der Waals surface area contributed by atoms with Crippen LogP contribution in [0.3, 0.4) is 0 Å². The SMILES string of the molecule is O=C(O)[C@@H](Cl)Cc1ccc(C(F)(F)F)cc1Cl. The zero-order chi connectivity index (χ0) is 13.2. The second kappa shape index (κ2) is 5.14. The number of alkyl halides is 4. The standard InChI is InChI=1S/C10H7Cl2F3O2/c11-7-4-6(10(13,14)15)2-1-5(7)3-8(12)9(16)17/h1-2,4,8H,3H2,(H,16,17)/t8-/m0/s1. The van der Waals surface area contributed by atoms with Crippen LogP contribution >= 0.6 is 23.2 Å². The molecule has 1 aromatic carbocycles. The summed E-state index contributed by atoms with van der Waals surface area (Å²) in [6.45, 7) is 0. The van der Waals surface area contributed by atoms with Gasteiger partial charge in [0, 0.05) is 11.4 Å². The Morgan fingerprint density at radius 1 is 1.41 bits per heavy atom. The normalized spacial score (nSPS) is 13.5. The first kappa shape index (κ1) is 14.1. The van der Waals surface area contributed by atoms with E-state index in [1.54, 1.807) is 0 Å². The lowest BCUT2D eigenvalue weighted by atomic mass is 10.1. The number of carboxylic acids is 1. The number of hydrogen-bond acceptors (Lipinski definition) is 1. The molecule has 1 atom stereocenters. The molecule has 0 fully saturated rings. The quantitative estimate of drug-likeness (QED) is 0.862. The fourth-order valence-electron chi connectivity index (χ4n) is 1.17. The first-order chi connectivity index (χ1) is 7.71.